The zero-order valence-corrected chi connectivity index (χ0v) is 15.9. The predicted octanol–water partition coefficient (Wildman–Crippen LogP) is 3.20. The third-order valence-corrected chi connectivity index (χ3v) is 5.72. The van der Waals surface area contributed by atoms with Crippen LogP contribution in [0.3, 0.4) is 0 Å². The molecular formula is C19H17N3O5S. The van der Waals surface area contributed by atoms with Gasteiger partial charge in [-0.3, -0.25) is 4.79 Å². The molecule has 0 aliphatic carbocycles. The number of fused-ring (bicyclic) bond motifs is 2. The van der Waals surface area contributed by atoms with Gasteiger partial charge < -0.3 is 24.1 Å². The standard InChI is InChI=1S/C19H17N3O5S/c1-10-20-18(27-22-10)15-11-5-6-24-9-14(11)28-19(15)21-17(23)12-3-2-4-13-16(12)26-8-7-25-13/h2-4H,5-9H2,1H3,(H,21,23). The Kier molecular flexibility index (Phi) is 4.25. The number of thiophene rings is 1. The highest BCUT2D eigenvalue weighted by atomic mass is 32.1. The van der Waals surface area contributed by atoms with E-state index in [1.807, 2.05) is 0 Å². The summed E-state index contributed by atoms with van der Waals surface area (Å²) >= 11 is 1.47. The maximum atomic E-state index is 13.0. The Morgan fingerprint density at radius 2 is 2.11 bits per heavy atom. The van der Waals surface area contributed by atoms with Crippen LogP contribution in [0.25, 0.3) is 11.5 Å². The highest BCUT2D eigenvalue weighted by Gasteiger charge is 2.28. The van der Waals surface area contributed by atoms with Crippen LogP contribution in [0.4, 0.5) is 5.00 Å². The molecule has 9 heteroatoms. The van der Waals surface area contributed by atoms with Crippen LogP contribution in [0.5, 0.6) is 11.5 Å². The van der Waals surface area contributed by atoms with Gasteiger partial charge in [-0.15, -0.1) is 11.3 Å². The number of aromatic nitrogens is 2. The van der Waals surface area contributed by atoms with Crippen molar-refractivity contribution in [1.29, 1.82) is 0 Å². The van der Waals surface area contributed by atoms with Crippen LogP contribution in [0.1, 0.15) is 26.6 Å². The Hall–Kier alpha value is -2.91. The fourth-order valence-electron chi connectivity index (χ4n) is 3.37. The number of amides is 1. The van der Waals surface area contributed by atoms with Crippen molar-refractivity contribution in [2.75, 3.05) is 25.1 Å². The van der Waals surface area contributed by atoms with Crippen LogP contribution >= 0.6 is 11.3 Å². The number of carbonyl (C=O) groups is 1. The molecule has 0 spiro atoms. The Morgan fingerprint density at radius 3 is 2.96 bits per heavy atom. The topological polar surface area (TPSA) is 95.7 Å². The second-order valence-electron chi connectivity index (χ2n) is 6.44. The predicted molar refractivity (Wildman–Crippen MR) is 101 cm³/mol. The highest BCUT2D eigenvalue weighted by molar-refractivity contribution is 7.17. The maximum Gasteiger partial charge on any atom is 0.261 e. The lowest BCUT2D eigenvalue weighted by Crippen LogP contribution is -2.20. The maximum absolute atomic E-state index is 13.0. The first-order chi connectivity index (χ1) is 13.7. The lowest BCUT2D eigenvalue weighted by Gasteiger charge is -2.20. The van der Waals surface area contributed by atoms with Gasteiger partial charge in [0.1, 0.15) is 18.2 Å². The molecule has 2 aromatic heterocycles. The number of nitrogens with zero attached hydrogens (tertiary/aromatic N) is 2. The van der Waals surface area contributed by atoms with Crippen molar-refractivity contribution >= 4 is 22.2 Å². The first-order valence-electron chi connectivity index (χ1n) is 8.93. The molecular weight excluding hydrogens is 382 g/mol. The Bertz CT molecular complexity index is 1060. The number of carbonyl (C=O) groups excluding carboxylic acids is 1. The molecule has 28 heavy (non-hydrogen) atoms. The summed E-state index contributed by atoms with van der Waals surface area (Å²) in [4.78, 5) is 18.5. The van der Waals surface area contributed by atoms with Crippen LogP contribution in [-0.2, 0) is 17.8 Å². The van der Waals surface area contributed by atoms with E-state index >= 15 is 0 Å². The van der Waals surface area contributed by atoms with Gasteiger partial charge in [0.2, 0.25) is 0 Å². The molecule has 4 heterocycles. The molecule has 0 radical (unpaired) electrons. The van der Waals surface area contributed by atoms with E-state index in [4.69, 9.17) is 18.7 Å². The molecule has 3 aromatic rings. The van der Waals surface area contributed by atoms with Gasteiger partial charge in [0.15, 0.2) is 17.3 Å². The number of ether oxygens (including phenoxy) is 3. The quantitative estimate of drug-likeness (QED) is 0.722. The van der Waals surface area contributed by atoms with Gasteiger partial charge in [-0.1, -0.05) is 11.2 Å². The van der Waals surface area contributed by atoms with E-state index in [0.717, 1.165) is 22.4 Å². The van der Waals surface area contributed by atoms with Gasteiger partial charge in [-0.05, 0) is 31.0 Å². The van der Waals surface area contributed by atoms with Gasteiger partial charge in [0.25, 0.3) is 11.8 Å². The fourth-order valence-corrected chi connectivity index (χ4v) is 4.54. The summed E-state index contributed by atoms with van der Waals surface area (Å²) in [6, 6.07) is 5.28. The lowest BCUT2D eigenvalue weighted by atomic mass is 10.1. The Morgan fingerprint density at radius 1 is 1.21 bits per heavy atom. The third-order valence-electron chi connectivity index (χ3n) is 4.60. The number of benzene rings is 1. The Labute approximate surface area is 164 Å². The van der Waals surface area contributed by atoms with Crippen molar-refractivity contribution in [3.05, 3.63) is 40.0 Å². The summed E-state index contributed by atoms with van der Waals surface area (Å²) < 4.78 is 22.2. The fraction of sp³-hybridized carbons (Fsp3) is 0.316. The van der Waals surface area contributed by atoms with E-state index in [1.165, 1.54) is 11.3 Å². The summed E-state index contributed by atoms with van der Waals surface area (Å²) in [6.45, 7) is 3.77. The molecule has 1 aromatic carbocycles. The van der Waals surface area contributed by atoms with E-state index in [-0.39, 0.29) is 5.91 Å². The minimum absolute atomic E-state index is 0.278. The summed E-state index contributed by atoms with van der Waals surface area (Å²) in [6.07, 6.45) is 0.732. The molecule has 1 N–H and O–H groups in total. The van der Waals surface area contributed by atoms with Crippen LogP contribution in [-0.4, -0.2) is 35.9 Å². The van der Waals surface area contributed by atoms with Crippen molar-refractivity contribution in [2.24, 2.45) is 0 Å². The van der Waals surface area contributed by atoms with Gasteiger partial charge in [-0.25, -0.2) is 0 Å². The normalized spacial score (nSPS) is 15.2. The van der Waals surface area contributed by atoms with Crippen molar-refractivity contribution in [2.45, 2.75) is 20.0 Å². The van der Waals surface area contributed by atoms with Gasteiger partial charge in [0.05, 0.1) is 24.3 Å². The van der Waals surface area contributed by atoms with E-state index in [9.17, 15) is 4.79 Å². The first kappa shape index (κ1) is 17.2. The SMILES string of the molecule is Cc1noc(-c2c(NC(=O)c3cccc4c3OCCO4)sc3c2CCOC3)n1. The van der Waals surface area contributed by atoms with Gasteiger partial charge in [-0.2, -0.15) is 4.98 Å². The molecule has 2 aliphatic rings. The number of aryl methyl sites for hydroxylation is 1. The molecule has 1 amide bonds. The second kappa shape index (κ2) is 6.92. The van der Waals surface area contributed by atoms with Crippen LogP contribution in [0, 0.1) is 6.92 Å². The number of rotatable bonds is 3. The zero-order valence-electron chi connectivity index (χ0n) is 15.1. The number of hydrogen-bond donors (Lipinski definition) is 1. The molecule has 5 rings (SSSR count). The second-order valence-corrected chi connectivity index (χ2v) is 7.55. The molecule has 0 unspecified atom stereocenters. The molecule has 0 bridgehead atoms. The molecule has 0 saturated carbocycles. The van der Waals surface area contributed by atoms with E-state index in [2.05, 4.69) is 15.5 Å². The monoisotopic (exact) mass is 399 g/mol. The Balaban J connectivity index is 1.54. The number of nitrogens with one attached hydrogen (secondary N) is 1. The molecule has 0 saturated heterocycles. The lowest BCUT2D eigenvalue weighted by molar-refractivity contribution is 0.101. The molecule has 0 fully saturated rings. The molecule has 2 aliphatic heterocycles. The molecule has 144 valence electrons. The highest BCUT2D eigenvalue weighted by Crippen LogP contribution is 2.43. The van der Waals surface area contributed by atoms with Crippen molar-refractivity contribution < 1.29 is 23.5 Å². The zero-order chi connectivity index (χ0) is 19.1. The van der Waals surface area contributed by atoms with Crippen LogP contribution in [0.15, 0.2) is 22.7 Å². The average molecular weight is 399 g/mol. The summed E-state index contributed by atoms with van der Waals surface area (Å²) in [5, 5.41) is 7.56. The summed E-state index contributed by atoms with van der Waals surface area (Å²) in [5.74, 6) is 1.71. The van der Waals surface area contributed by atoms with E-state index < -0.39 is 0 Å². The number of anilines is 1. The number of para-hydroxylation sites is 1. The van der Waals surface area contributed by atoms with Gasteiger partial charge in [0, 0.05) is 4.88 Å². The minimum atomic E-state index is -0.278. The molecule has 8 nitrogen and oxygen atoms in total. The van der Waals surface area contributed by atoms with E-state index in [1.54, 1.807) is 25.1 Å². The van der Waals surface area contributed by atoms with E-state index in [0.29, 0.717) is 60.2 Å². The minimum Gasteiger partial charge on any atom is -0.486 e. The average Bonchev–Trinajstić information content (AvgIpc) is 3.30. The van der Waals surface area contributed by atoms with Crippen LogP contribution in [0.2, 0.25) is 0 Å². The smallest absolute Gasteiger partial charge is 0.261 e. The van der Waals surface area contributed by atoms with Crippen molar-refractivity contribution in [3.8, 4) is 23.0 Å². The summed E-state index contributed by atoms with van der Waals surface area (Å²) in [7, 11) is 0. The summed E-state index contributed by atoms with van der Waals surface area (Å²) in [5.41, 5.74) is 2.29. The number of hydrogen-bond acceptors (Lipinski definition) is 8. The third kappa shape index (κ3) is 2.92. The van der Waals surface area contributed by atoms with Crippen molar-refractivity contribution in [1.82, 2.24) is 10.1 Å². The van der Waals surface area contributed by atoms with Crippen LogP contribution < -0.4 is 14.8 Å². The molecule has 0 atom stereocenters. The first-order valence-corrected chi connectivity index (χ1v) is 9.75. The van der Waals surface area contributed by atoms with Crippen molar-refractivity contribution in [3.63, 3.8) is 0 Å². The van der Waals surface area contributed by atoms with Gasteiger partial charge >= 0.3 is 0 Å². The largest absolute Gasteiger partial charge is 0.486 e.